The molecule has 118 valence electrons. The number of H-pyrrole nitrogens is 1. The molecular formula is C16H14ClN3O3. The topological polar surface area (TPSA) is 79.2 Å². The van der Waals surface area contributed by atoms with Crippen LogP contribution in [-0.4, -0.2) is 24.3 Å². The van der Waals surface area contributed by atoms with Crippen molar-refractivity contribution >= 4 is 33.9 Å². The number of benzene rings is 2. The van der Waals surface area contributed by atoms with Gasteiger partial charge < -0.3 is 19.6 Å². The third kappa shape index (κ3) is 2.93. The summed E-state index contributed by atoms with van der Waals surface area (Å²) in [6.07, 6.45) is 0. The number of methoxy groups -OCH3 is 2. The highest BCUT2D eigenvalue weighted by atomic mass is 35.5. The van der Waals surface area contributed by atoms with Gasteiger partial charge in [-0.05, 0) is 30.3 Å². The van der Waals surface area contributed by atoms with Gasteiger partial charge in [-0.15, -0.1) is 5.11 Å². The van der Waals surface area contributed by atoms with E-state index in [1.165, 1.54) is 0 Å². The molecule has 0 unspecified atom stereocenters. The third-order valence-corrected chi connectivity index (χ3v) is 3.60. The number of halogens is 1. The third-order valence-electron chi connectivity index (χ3n) is 3.35. The maximum Gasteiger partial charge on any atom is 0.218 e. The molecule has 0 radical (unpaired) electrons. The Morgan fingerprint density at radius 2 is 1.65 bits per heavy atom. The van der Waals surface area contributed by atoms with E-state index in [2.05, 4.69) is 15.2 Å². The zero-order valence-electron chi connectivity index (χ0n) is 12.5. The fraction of sp³-hybridized carbons (Fsp3) is 0.125. The summed E-state index contributed by atoms with van der Waals surface area (Å²) in [6.45, 7) is 0. The Hall–Kier alpha value is -2.73. The molecule has 2 N–H and O–H groups in total. The van der Waals surface area contributed by atoms with Gasteiger partial charge in [0.05, 0.1) is 25.4 Å². The smallest absolute Gasteiger partial charge is 0.218 e. The minimum Gasteiger partial charge on any atom is -0.493 e. The van der Waals surface area contributed by atoms with Gasteiger partial charge in [0.1, 0.15) is 0 Å². The molecule has 0 saturated carbocycles. The summed E-state index contributed by atoms with van der Waals surface area (Å²) in [7, 11) is 3.10. The molecule has 23 heavy (non-hydrogen) atoms. The molecule has 0 aliphatic carbocycles. The van der Waals surface area contributed by atoms with Crippen LogP contribution in [0.15, 0.2) is 46.6 Å². The maximum atomic E-state index is 10.1. The van der Waals surface area contributed by atoms with Gasteiger partial charge in [0.15, 0.2) is 17.2 Å². The van der Waals surface area contributed by atoms with E-state index in [-0.39, 0.29) is 5.88 Å². The molecule has 0 amide bonds. The fourth-order valence-electron chi connectivity index (χ4n) is 2.21. The number of nitrogens with zero attached hydrogens (tertiary/aromatic N) is 2. The standard InChI is InChI=1S/C16H14ClN3O3/c1-22-13-7-11-12(8-14(13)23-2)18-16(21)15(11)20-19-10-5-3-9(17)4-6-10/h3-8,18,21H,1-2H3. The van der Waals surface area contributed by atoms with Crippen molar-refractivity contribution in [2.45, 2.75) is 0 Å². The molecule has 3 rings (SSSR count). The largest absolute Gasteiger partial charge is 0.493 e. The average molecular weight is 332 g/mol. The van der Waals surface area contributed by atoms with Crippen LogP contribution in [0, 0.1) is 0 Å². The zero-order chi connectivity index (χ0) is 16.4. The number of hydrogen-bond acceptors (Lipinski definition) is 5. The average Bonchev–Trinajstić information content (AvgIpc) is 2.87. The Balaban J connectivity index is 2.06. The quantitative estimate of drug-likeness (QED) is 0.663. The summed E-state index contributed by atoms with van der Waals surface area (Å²) in [5.74, 6) is 1.03. The Morgan fingerprint density at radius 3 is 2.30 bits per heavy atom. The zero-order valence-corrected chi connectivity index (χ0v) is 13.3. The van der Waals surface area contributed by atoms with Crippen LogP contribution in [0.25, 0.3) is 10.9 Å². The number of rotatable bonds is 4. The van der Waals surface area contributed by atoms with Gasteiger partial charge in [-0.25, -0.2) is 0 Å². The van der Waals surface area contributed by atoms with Crippen LogP contribution >= 0.6 is 11.6 Å². The molecule has 0 aliphatic rings. The summed E-state index contributed by atoms with van der Waals surface area (Å²) in [4.78, 5) is 2.84. The first-order valence-electron chi connectivity index (χ1n) is 6.76. The fourth-order valence-corrected chi connectivity index (χ4v) is 2.34. The van der Waals surface area contributed by atoms with Crippen LogP contribution in [0.2, 0.25) is 5.02 Å². The van der Waals surface area contributed by atoms with Crippen molar-refractivity contribution < 1.29 is 14.6 Å². The first-order valence-corrected chi connectivity index (χ1v) is 7.14. The lowest BCUT2D eigenvalue weighted by Crippen LogP contribution is -1.89. The maximum absolute atomic E-state index is 10.1. The summed E-state index contributed by atoms with van der Waals surface area (Å²) >= 11 is 5.83. The van der Waals surface area contributed by atoms with Gasteiger partial charge >= 0.3 is 0 Å². The number of hydrogen-bond donors (Lipinski definition) is 2. The minimum atomic E-state index is -0.0759. The van der Waals surface area contributed by atoms with Crippen molar-refractivity contribution in [2.75, 3.05) is 14.2 Å². The molecule has 0 atom stereocenters. The highest BCUT2D eigenvalue weighted by Gasteiger charge is 2.15. The van der Waals surface area contributed by atoms with Crippen LogP contribution in [-0.2, 0) is 0 Å². The van der Waals surface area contributed by atoms with E-state index in [0.717, 1.165) is 0 Å². The molecule has 0 bridgehead atoms. The van der Waals surface area contributed by atoms with Gasteiger partial charge in [0.25, 0.3) is 0 Å². The Kier molecular flexibility index (Phi) is 4.08. The molecule has 1 heterocycles. The Bertz CT molecular complexity index is 872. The van der Waals surface area contributed by atoms with E-state index in [9.17, 15) is 5.11 Å². The molecule has 2 aromatic carbocycles. The van der Waals surface area contributed by atoms with Crippen LogP contribution in [0.1, 0.15) is 0 Å². The van der Waals surface area contributed by atoms with Crippen LogP contribution in [0.4, 0.5) is 11.4 Å². The van der Waals surface area contributed by atoms with Crippen LogP contribution in [0.5, 0.6) is 17.4 Å². The number of azo groups is 1. The van der Waals surface area contributed by atoms with Crippen molar-refractivity contribution in [3.05, 3.63) is 41.4 Å². The molecule has 3 aromatic rings. The van der Waals surface area contributed by atoms with Crippen LogP contribution in [0.3, 0.4) is 0 Å². The van der Waals surface area contributed by atoms with Gasteiger partial charge in [0.2, 0.25) is 5.88 Å². The van der Waals surface area contributed by atoms with Crippen molar-refractivity contribution in [3.8, 4) is 17.4 Å². The van der Waals surface area contributed by atoms with E-state index in [4.69, 9.17) is 21.1 Å². The summed E-state index contributed by atoms with van der Waals surface area (Å²) in [5, 5.41) is 19.6. The van der Waals surface area contributed by atoms with Crippen LogP contribution < -0.4 is 9.47 Å². The molecule has 0 saturated heterocycles. The van der Waals surface area contributed by atoms with Crippen molar-refractivity contribution in [3.63, 3.8) is 0 Å². The summed E-state index contributed by atoms with van der Waals surface area (Å²) in [5.41, 5.74) is 1.63. The number of ether oxygens (including phenoxy) is 2. The monoisotopic (exact) mass is 331 g/mol. The molecule has 7 heteroatoms. The van der Waals surface area contributed by atoms with Crippen molar-refractivity contribution in [1.29, 1.82) is 0 Å². The van der Waals surface area contributed by atoms with Crippen molar-refractivity contribution in [1.82, 2.24) is 4.98 Å². The van der Waals surface area contributed by atoms with Crippen molar-refractivity contribution in [2.24, 2.45) is 10.2 Å². The van der Waals surface area contributed by atoms with Gasteiger partial charge in [-0.3, -0.25) is 0 Å². The number of aromatic nitrogens is 1. The molecule has 6 nitrogen and oxygen atoms in total. The normalized spacial score (nSPS) is 11.3. The molecule has 1 aromatic heterocycles. The number of aromatic amines is 1. The summed E-state index contributed by atoms with van der Waals surface area (Å²) in [6, 6.07) is 10.4. The predicted octanol–water partition coefficient (Wildman–Crippen LogP) is 4.96. The Morgan fingerprint density at radius 1 is 1.00 bits per heavy atom. The van der Waals surface area contributed by atoms with E-state index in [0.29, 0.717) is 38.8 Å². The molecular weight excluding hydrogens is 318 g/mol. The van der Waals surface area contributed by atoms with E-state index in [1.54, 1.807) is 50.6 Å². The molecule has 0 spiro atoms. The lowest BCUT2D eigenvalue weighted by atomic mass is 10.2. The number of fused-ring (bicyclic) bond motifs is 1. The molecule has 0 fully saturated rings. The lowest BCUT2D eigenvalue weighted by molar-refractivity contribution is 0.356. The first-order chi connectivity index (χ1) is 11.1. The van der Waals surface area contributed by atoms with Gasteiger partial charge in [-0.1, -0.05) is 11.6 Å². The first kappa shape index (κ1) is 15.2. The highest BCUT2D eigenvalue weighted by Crippen LogP contribution is 2.41. The lowest BCUT2D eigenvalue weighted by Gasteiger charge is -2.06. The SMILES string of the molecule is COc1cc2[nH]c(O)c(N=Nc3ccc(Cl)cc3)c2cc1OC. The van der Waals surface area contributed by atoms with E-state index in [1.807, 2.05) is 0 Å². The van der Waals surface area contributed by atoms with Gasteiger partial charge in [0, 0.05) is 16.5 Å². The molecule has 0 aliphatic heterocycles. The Labute approximate surface area is 137 Å². The number of nitrogens with one attached hydrogen (secondary N) is 1. The minimum absolute atomic E-state index is 0.0759. The second kappa shape index (κ2) is 6.18. The van der Waals surface area contributed by atoms with E-state index >= 15 is 0 Å². The number of aromatic hydroxyl groups is 1. The van der Waals surface area contributed by atoms with Gasteiger partial charge in [-0.2, -0.15) is 5.11 Å². The second-order valence-corrected chi connectivity index (χ2v) is 5.19. The second-order valence-electron chi connectivity index (χ2n) is 4.75. The van der Waals surface area contributed by atoms with E-state index < -0.39 is 0 Å². The predicted molar refractivity (Wildman–Crippen MR) is 88.7 cm³/mol. The summed E-state index contributed by atoms with van der Waals surface area (Å²) < 4.78 is 10.5. The highest BCUT2D eigenvalue weighted by molar-refractivity contribution is 6.30.